The van der Waals surface area contributed by atoms with E-state index in [1.54, 1.807) is 16.3 Å². The molecular weight excluding hydrogens is 352 g/mol. The fourth-order valence-electron chi connectivity index (χ4n) is 2.75. The zero-order valence-electron chi connectivity index (χ0n) is 15.7. The third-order valence-corrected chi connectivity index (χ3v) is 4.70. The molecule has 2 N–H and O–H groups in total. The van der Waals surface area contributed by atoms with Crippen molar-refractivity contribution >= 4 is 29.1 Å². The first-order valence-corrected chi connectivity index (χ1v) is 9.80. The summed E-state index contributed by atoms with van der Waals surface area (Å²) in [5.41, 5.74) is 0.395. The van der Waals surface area contributed by atoms with E-state index in [-0.39, 0.29) is 23.3 Å². The highest BCUT2D eigenvalue weighted by Gasteiger charge is 2.23. The molecule has 8 heteroatoms. The maximum Gasteiger partial charge on any atom is 0.252 e. The van der Waals surface area contributed by atoms with Gasteiger partial charge in [0.05, 0.1) is 6.54 Å². The van der Waals surface area contributed by atoms with Crippen molar-refractivity contribution in [1.29, 1.82) is 0 Å². The molecule has 2 heterocycles. The van der Waals surface area contributed by atoms with E-state index in [1.807, 2.05) is 26.2 Å². The van der Waals surface area contributed by atoms with E-state index in [2.05, 4.69) is 15.5 Å². The van der Waals surface area contributed by atoms with Crippen LogP contribution in [0.1, 0.15) is 37.6 Å². The molecule has 1 fully saturated rings. The number of amides is 3. The van der Waals surface area contributed by atoms with Crippen LogP contribution in [0.4, 0.5) is 0 Å². The van der Waals surface area contributed by atoms with E-state index >= 15 is 0 Å². The third-order valence-electron chi connectivity index (χ3n) is 4.01. The van der Waals surface area contributed by atoms with Gasteiger partial charge < -0.3 is 15.5 Å². The predicted octanol–water partition coefficient (Wildman–Crippen LogP) is 0.927. The number of hydrogen-bond acceptors (Lipinski definition) is 5. The quantitative estimate of drug-likeness (QED) is 0.769. The zero-order valence-corrected chi connectivity index (χ0v) is 16.5. The van der Waals surface area contributed by atoms with Crippen LogP contribution < -0.4 is 10.6 Å². The number of rotatable bonds is 6. The average molecular weight is 381 g/mol. The molecule has 0 saturated carbocycles. The van der Waals surface area contributed by atoms with Crippen LogP contribution in [0.5, 0.6) is 0 Å². The molecule has 1 aliphatic heterocycles. The number of piperazine rings is 1. The van der Waals surface area contributed by atoms with E-state index in [9.17, 15) is 14.4 Å². The minimum Gasteiger partial charge on any atom is -0.351 e. The monoisotopic (exact) mass is 380 g/mol. The first kappa shape index (κ1) is 20.4. The summed E-state index contributed by atoms with van der Waals surface area (Å²) in [6.45, 7) is 9.16. The Balaban J connectivity index is 1.65. The maximum absolute atomic E-state index is 12.3. The van der Waals surface area contributed by atoms with Crippen molar-refractivity contribution in [3.63, 3.8) is 0 Å². The van der Waals surface area contributed by atoms with Crippen LogP contribution in [0.15, 0.2) is 16.8 Å². The molecule has 7 nitrogen and oxygen atoms in total. The minimum absolute atomic E-state index is 0.00780. The highest BCUT2D eigenvalue weighted by molar-refractivity contribution is 7.08. The Hall–Kier alpha value is -1.93. The molecule has 0 unspecified atom stereocenters. The molecule has 1 saturated heterocycles. The highest BCUT2D eigenvalue weighted by Crippen LogP contribution is 2.07. The summed E-state index contributed by atoms with van der Waals surface area (Å²) in [7, 11) is 0. The van der Waals surface area contributed by atoms with Gasteiger partial charge in [-0.1, -0.05) is 0 Å². The van der Waals surface area contributed by atoms with Crippen molar-refractivity contribution in [2.24, 2.45) is 0 Å². The summed E-state index contributed by atoms with van der Waals surface area (Å²) in [5.74, 6) is -0.100. The molecule has 0 bridgehead atoms. The molecule has 1 aromatic rings. The molecule has 0 aromatic carbocycles. The molecule has 0 spiro atoms. The van der Waals surface area contributed by atoms with Gasteiger partial charge in [0.2, 0.25) is 11.8 Å². The summed E-state index contributed by atoms with van der Waals surface area (Å²) in [6.07, 6.45) is 0.292. The molecule has 1 aliphatic rings. The average Bonchev–Trinajstić information content (AvgIpc) is 3.08. The van der Waals surface area contributed by atoms with Gasteiger partial charge in [-0.2, -0.15) is 11.3 Å². The minimum atomic E-state index is -0.234. The van der Waals surface area contributed by atoms with Crippen LogP contribution in [-0.2, 0) is 9.59 Å². The normalized spacial score (nSPS) is 15.6. The van der Waals surface area contributed by atoms with Gasteiger partial charge in [0.15, 0.2) is 0 Å². The number of nitrogens with zero attached hydrogens (tertiary/aromatic N) is 2. The van der Waals surface area contributed by atoms with Gasteiger partial charge in [-0.15, -0.1) is 0 Å². The smallest absolute Gasteiger partial charge is 0.252 e. The number of carbonyl (C=O) groups is 3. The van der Waals surface area contributed by atoms with Gasteiger partial charge in [-0.05, 0) is 32.2 Å². The van der Waals surface area contributed by atoms with Gasteiger partial charge in [-0.25, -0.2) is 0 Å². The second-order valence-corrected chi connectivity index (χ2v) is 8.25. The molecule has 144 valence electrons. The fraction of sp³-hybridized carbons (Fsp3) is 0.611. The Morgan fingerprint density at radius 2 is 1.85 bits per heavy atom. The SMILES string of the molecule is CC(C)(C)NC(=O)CN1CCN(C(=O)CCNC(=O)c2ccsc2)CC1. The summed E-state index contributed by atoms with van der Waals surface area (Å²) in [4.78, 5) is 39.9. The van der Waals surface area contributed by atoms with Crippen LogP contribution in [0.25, 0.3) is 0 Å². The zero-order chi connectivity index (χ0) is 19.2. The summed E-state index contributed by atoms with van der Waals surface area (Å²) >= 11 is 1.47. The molecular formula is C18H28N4O3S. The van der Waals surface area contributed by atoms with E-state index in [0.717, 1.165) is 0 Å². The van der Waals surface area contributed by atoms with Gasteiger partial charge in [-0.3, -0.25) is 19.3 Å². The standard InChI is InChI=1S/C18H28N4O3S/c1-18(2,3)20-15(23)12-21-7-9-22(10-8-21)16(24)4-6-19-17(25)14-5-11-26-13-14/h5,11,13H,4,6-10,12H2,1-3H3,(H,19,25)(H,20,23). The Kier molecular flexibility index (Phi) is 7.16. The predicted molar refractivity (Wildman–Crippen MR) is 102 cm³/mol. The van der Waals surface area contributed by atoms with Gasteiger partial charge >= 0.3 is 0 Å². The van der Waals surface area contributed by atoms with Crippen molar-refractivity contribution in [1.82, 2.24) is 20.4 Å². The molecule has 0 atom stereocenters. The van der Waals surface area contributed by atoms with Crippen molar-refractivity contribution in [2.75, 3.05) is 39.3 Å². The lowest BCUT2D eigenvalue weighted by Crippen LogP contribution is -2.53. The van der Waals surface area contributed by atoms with Crippen molar-refractivity contribution in [3.8, 4) is 0 Å². The van der Waals surface area contributed by atoms with Gasteiger partial charge in [0.1, 0.15) is 0 Å². The first-order chi connectivity index (χ1) is 12.2. The number of thiophene rings is 1. The van der Waals surface area contributed by atoms with Crippen molar-refractivity contribution in [2.45, 2.75) is 32.7 Å². The lowest BCUT2D eigenvalue weighted by atomic mass is 10.1. The first-order valence-electron chi connectivity index (χ1n) is 8.86. The molecule has 3 amide bonds. The Bertz CT molecular complexity index is 617. The summed E-state index contributed by atoms with van der Waals surface area (Å²) in [5, 5.41) is 9.35. The van der Waals surface area contributed by atoms with E-state index in [4.69, 9.17) is 0 Å². The molecule has 2 rings (SSSR count). The maximum atomic E-state index is 12.3. The number of hydrogen-bond donors (Lipinski definition) is 2. The molecule has 26 heavy (non-hydrogen) atoms. The third kappa shape index (κ3) is 6.76. The summed E-state index contributed by atoms with van der Waals surface area (Å²) < 4.78 is 0. The van der Waals surface area contributed by atoms with E-state index < -0.39 is 0 Å². The second-order valence-electron chi connectivity index (χ2n) is 7.47. The molecule has 0 radical (unpaired) electrons. The highest BCUT2D eigenvalue weighted by atomic mass is 32.1. The number of nitrogens with one attached hydrogen (secondary N) is 2. The lowest BCUT2D eigenvalue weighted by molar-refractivity contribution is -0.133. The van der Waals surface area contributed by atoms with Crippen LogP contribution in [0.2, 0.25) is 0 Å². The molecule has 0 aliphatic carbocycles. The van der Waals surface area contributed by atoms with E-state index in [0.29, 0.717) is 51.3 Å². The second kappa shape index (κ2) is 9.14. The van der Waals surface area contributed by atoms with Crippen molar-refractivity contribution < 1.29 is 14.4 Å². The van der Waals surface area contributed by atoms with Gasteiger partial charge in [0, 0.05) is 55.6 Å². The summed E-state index contributed by atoms with van der Waals surface area (Å²) in [6, 6.07) is 1.76. The Morgan fingerprint density at radius 1 is 1.15 bits per heavy atom. The largest absolute Gasteiger partial charge is 0.351 e. The van der Waals surface area contributed by atoms with E-state index in [1.165, 1.54) is 11.3 Å². The van der Waals surface area contributed by atoms with Crippen LogP contribution in [0, 0.1) is 0 Å². The topological polar surface area (TPSA) is 81.8 Å². The van der Waals surface area contributed by atoms with Crippen LogP contribution >= 0.6 is 11.3 Å². The van der Waals surface area contributed by atoms with Gasteiger partial charge in [0.25, 0.3) is 5.91 Å². The van der Waals surface area contributed by atoms with Crippen LogP contribution in [0.3, 0.4) is 0 Å². The van der Waals surface area contributed by atoms with Crippen molar-refractivity contribution in [3.05, 3.63) is 22.4 Å². The number of carbonyl (C=O) groups excluding carboxylic acids is 3. The lowest BCUT2D eigenvalue weighted by Gasteiger charge is -2.35. The van der Waals surface area contributed by atoms with Crippen LogP contribution in [-0.4, -0.2) is 72.3 Å². The Morgan fingerprint density at radius 3 is 2.42 bits per heavy atom. The fourth-order valence-corrected chi connectivity index (χ4v) is 3.39. The Labute approximate surface area is 158 Å². The molecule has 1 aromatic heterocycles.